The average molecular weight is 439 g/mol. The zero-order chi connectivity index (χ0) is 18.4. The van der Waals surface area contributed by atoms with Crippen molar-refractivity contribution in [3.8, 4) is 0 Å². The summed E-state index contributed by atoms with van der Waals surface area (Å²) in [4.78, 5) is 12.1. The summed E-state index contributed by atoms with van der Waals surface area (Å²) >= 11 is 29.9. The van der Waals surface area contributed by atoms with Crippen molar-refractivity contribution in [1.82, 2.24) is 5.32 Å². The second-order valence-corrected chi connectivity index (χ2v) is 8.13. The Kier molecular flexibility index (Phi) is 7.29. The number of rotatable bonds is 5. The van der Waals surface area contributed by atoms with E-state index in [4.69, 9.17) is 58.0 Å². The maximum absolute atomic E-state index is 12.1. The Labute approximate surface area is 170 Å². The van der Waals surface area contributed by atoms with Gasteiger partial charge in [-0.1, -0.05) is 94.4 Å². The van der Waals surface area contributed by atoms with Crippen LogP contribution in [0.3, 0.4) is 0 Å². The fourth-order valence-corrected chi connectivity index (χ4v) is 2.58. The van der Waals surface area contributed by atoms with E-state index in [-0.39, 0.29) is 5.02 Å². The second kappa shape index (κ2) is 9.02. The molecule has 25 heavy (non-hydrogen) atoms. The molecule has 2 aromatic carbocycles. The van der Waals surface area contributed by atoms with Crippen LogP contribution >= 0.6 is 58.0 Å². The number of nitrogens with one attached hydrogen (secondary N) is 2. The predicted molar refractivity (Wildman–Crippen MR) is 108 cm³/mol. The summed E-state index contributed by atoms with van der Waals surface area (Å²) in [5.41, 5.74) is 1.30. The fourth-order valence-electron chi connectivity index (χ4n) is 1.90. The van der Waals surface area contributed by atoms with Gasteiger partial charge in [0.25, 0.3) is 0 Å². The third-order valence-electron chi connectivity index (χ3n) is 3.09. The normalized spacial score (nSPS) is 12.8. The van der Waals surface area contributed by atoms with Crippen LogP contribution in [0.4, 0.5) is 5.69 Å². The van der Waals surface area contributed by atoms with Crippen molar-refractivity contribution in [1.29, 1.82) is 0 Å². The number of carbonyl (C=O) groups is 1. The van der Waals surface area contributed by atoms with Crippen LogP contribution in [0.5, 0.6) is 0 Å². The largest absolute Gasteiger partial charge is 0.361 e. The quantitative estimate of drug-likeness (QED) is 0.345. The van der Waals surface area contributed by atoms with E-state index in [1.807, 2.05) is 30.3 Å². The third-order valence-corrected chi connectivity index (χ3v) is 4.57. The molecule has 0 aromatic heterocycles. The SMILES string of the molecule is O=C(/C=C/c1ccccc1)N[C@H](Nc1cccc(Cl)c1Cl)C(Cl)(Cl)Cl. The van der Waals surface area contributed by atoms with E-state index in [2.05, 4.69) is 10.6 Å². The molecule has 8 heteroatoms. The lowest BCUT2D eigenvalue weighted by atomic mass is 10.2. The van der Waals surface area contributed by atoms with Crippen molar-refractivity contribution in [3.05, 3.63) is 70.2 Å². The molecule has 0 aliphatic heterocycles. The highest BCUT2D eigenvalue weighted by Gasteiger charge is 2.34. The highest BCUT2D eigenvalue weighted by atomic mass is 35.6. The molecule has 1 amide bonds. The van der Waals surface area contributed by atoms with E-state index in [1.165, 1.54) is 6.08 Å². The molecule has 0 unspecified atom stereocenters. The monoisotopic (exact) mass is 436 g/mol. The van der Waals surface area contributed by atoms with E-state index in [9.17, 15) is 4.79 Å². The van der Waals surface area contributed by atoms with Gasteiger partial charge < -0.3 is 10.6 Å². The molecule has 0 saturated carbocycles. The van der Waals surface area contributed by atoms with Crippen molar-refractivity contribution in [2.75, 3.05) is 5.32 Å². The van der Waals surface area contributed by atoms with E-state index in [1.54, 1.807) is 24.3 Å². The molecule has 2 aromatic rings. The molecular weight excluding hydrogens is 425 g/mol. The molecule has 0 spiro atoms. The summed E-state index contributed by atoms with van der Waals surface area (Å²) in [5.74, 6) is -0.439. The van der Waals surface area contributed by atoms with Gasteiger partial charge in [-0.15, -0.1) is 0 Å². The summed E-state index contributed by atoms with van der Waals surface area (Å²) in [6.45, 7) is 0. The van der Waals surface area contributed by atoms with Gasteiger partial charge in [0.15, 0.2) is 0 Å². The number of halogens is 5. The molecule has 2 N–H and O–H groups in total. The Morgan fingerprint density at radius 1 is 1.00 bits per heavy atom. The van der Waals surface area contributed by atoms with Gasteiger partial charge in [-0.2, -0.15) is 0 Å². The highest BCUT2D eigenvalue weighted by Crippen LogP contribution is 2.35. The van der Waals surface area contributed by atoms with Crippen LogP contribution in [-0.4, -0.2) is 15.9 Å². The van der Waals surface area contributed by atoms with Gasteiger partial charge in [-0.25, -0.2) is 0 Å². The van der Waals surface area contributed by atoms with Gasteiger partial charge in [0.1, 0.15) is 6.17 Å². The minimum atomic E-state index is -1.82. The number of alkyl halides is 3. The van der Waals surface area contributed by atoms with Gasteiger partial charge in [0.2, 0.25) is 9.70 Å². The molecule has 0 aliphatic rings. The summed E-state index contributed by atoms with van der Waals surface area (Å²) in [7, 11) is 0. The standard InChI is InChI=1S/C17H13Cl5N2O/c18-12-7-4-8-13(15(12)19)23-16(17(20,21)22)24-14(25)10-9-11-5-2-1-3-6-11/h1-10,16,23H,(H,24,25)/b10-9+/t16-/m0/s1. The van der Waals surface area contributed by atoms with Crippen LogP contribution < -0.4 is 10.6 Å². The van der Waals surface area contributed by atoms with E-state index >= 15 is 0 Å². The maximum Gasteiger partial charge on any atom is 0.245 e. The molecule has 3 nitrogen and oxygen atoms in total. The first-order valence-corrected chi connectivity index (χ1v) is 8.97. The molecule has 0 fully saturated rings. The lowest BCUT2D eigenvalue weighted by Crippen LogP contribution is -2.48. The smallest absolute Gasteiger partial charge is 0.245 e. The van der Waals surface area contributed by atoms with Gasteiger partial charge in [0.05, 0.1) is 15.7 Å². The maximum atomic E-state index is 12.1. The summed E-state index contributed by atoms with van der Waals surface area (Å²) in [6.07, 6.45) is 1.97. The van der Waals surface area contributed by atoms with Crippen LogP contribution in [0.15, 0.2) is 54.6 Å². The van der Waals surface area contributed by atoms with E-state index in [0.29, 0.717) is 10.7 Å². The molecule has 0 aliphatic carbocycles. The molecule has 0 bridgehead atoms. The number of amides is 1. The lowest BCUT2D eigenvalue weighted by Gasteiger charge is -2.27. The summed E-state index contributed by atoms with van der Waals surface area (Å²) < 4.78 is -1.82. The van der Waals surface area contributed by atoms with Crippen LogP contribution in [-0.2, 0) is 4.79 Å². The Morgan fingerprint density at radius 3 is 2.32 bits per heavy atom. The summed E-state index contributed by atoms with van der Waals surface area (Å²) in [5, 5.41) is 6.07. The number of hydrogen-bond donors (Lipinski definition) is 2. The molecule has 0 radical (unpaired) electrons. The van der Waals surface area contributed by atoms with Gasteiger partial charge >= 0.3 is 0 Å². The average Bonchev–Trinajstić information content (AvgIpc) is 2.56. The van der Waals surface area contributed by atoms with Crippen molar-refractivity contribution < 1.29 is 4.79 Å². The van der Waals surface area contributed by atoms with Crippen molar-refractivity contribution >= 4 is 75.7 Å². The third kappa shape index (κ3) is 6.28. The Hall–Kier alpha value is -1.10. The minimum absolute atomic E-state index is 0.262. The molecule has 1 atom stereocenters. The first kappa shape index (κ1) is 20.2. The molecule has 2 rings (SSSR count). The van der Waals surface area contributed by atoms with Crippen LogP contribution in [0.2, 0.25) is 10.0 Å². The van der Waals surface area contributed by atoms with Crippen LogP contribution in [0.1, 0.15) is 5.56 Å². The second-order valence-electron chi connectivity index (χ2n) is 4.97. The van der Waals surface area contributed by atoms with Crippen LogP contribution in [0, 0.1) is 0 Å². The minimum Gasteiger partial charge on any atom is -0.361 e. The molecular formula is C17H13Cl5N2O. The zero-order valence-corrected chi connectivity index (χ0v) is 16.4. The molecule has 0 saturated heterocycles. The van der Waals surface area contributed by atoms with Crippen LogP contribution in [0.25, 0.3) is 6.08 Å². The van der Waals surface area contributed by atoms with E-state index in [0.717, 1.165) is 5.56 Å². The first-order valence-electron chi connectivity index (χ1n) is 7.08. The molecule has 132 valence electrons. The first-order chi connectivity index (χ1) is 11.8. The lowest BCUT2D eigenvalue weighted by molar-refractivity contribution is -0.116. The van der Waals surface area contributed by atoms with Gasteiger partial charge in [0, 0.05) is 6.08 Å². The Bertz CT molecular complexity index is 759. The topological polar surface area (TPSA) is 41.1 Å². The predicted octanol–water partition coefficient (Wildman–Crippen LogP) is 5.93. The number of carbonyl (C=O) groups excluding carboxylic acids is 1. The van der Waals surface area contributed by atoms with Gasteiger partial charge in [-0.05, 0) is 23.8 Å². The zero-order valence-electron chi connectivity index (χ0n) is 12.6. The van der Waals surface area contributed by atoms with Crippen molar-refractivity contribution in [2.24, 2.45) is 0 Å². The van der Waals surface area contributed by atoms with Crippen molar-refractivity contribution in [2.45, 2.75) is 9.96 Å². The Morgan fingerprint density at radius 2 is 1.68 bits per heavy atom. The molecule has 0 heterocycles. The van der Waals surface area contributed by atoms with Gasteiger partial charge in [-0.3, -0.25) is 4.79 Å². The number of anilines is 1. The number of hydrogen-bond acceptors (Lipinski definition) is 2. The van der Waals surface area contributed by atoms with Crippen molar-refractivity contribution in [3.63, 3.8) is 0 Å². The number of benzene rings is 2. The Balaban J connectivity index is 2.11. The summed E-state index contributed by atoms with van der Waals surface area (Å²) in [6, 6.07) is 14.3. The van der Waals surface area contributed by atoms with E-state index < -0.39 is 15.9 Å². The fraction of sp³-hybridized carbons (Fsp3) is 0.118. The highest BCUT2D eigenvalue weighted by molar-refractivity contribution is 6.68.